The first-order valence-corrected chi connectivity index (χ1v) is 6.46. The molecule has 1 saturated carbocycles. The van der Waals surface area contributed by atoms with Gasteiger partial charge in [-0.15, -0.1) is 0 Å². The van der Waals surface area contributed by atoms with Gasteiger partial charge in [0.05, 0.1) is 11.0 Å². The Labute approximate surface area is 113 Å². The van der Waals surface area contributed by atoms with Gasteiger partial charge in [0.15, 0.2) is 0 Å². The zero-order valence-electron chi connectivity index (χ0n) is 9.91. The first-order chi connectivity index (χ1) is 8.47. The molecule has 0 aromatic carbocycles. The van der Waals surface area contributed by atoms with Crippen LogP contribution in [0, 0.1) is 16.0 Å². The first kappa shape index (κ1) is 13.2. The maximum Gasteiger partial charge on any atom is 0.312 e. The van der Waals surface area contributed by atoms with Crippen LogP contribution in [0.25, 0.3) is 0 Å². The Balaban J connectivity index is 2.13. The maximum absolute atomic E-state index is 11.0. The SMILES string of the molecule is CN(CC1CC(O)C1)c1ncc(Br)cc1[N+](=O)[O-]. The van der Waals surface area contributed by atoms with Crippen LogP contribution in [0.15, 0.2) is 16.7 Å². The molecule has 0 unspecified atom stereocenters. The highest BCUT2D eigenvalue weighted by atomic mass is 79.9. The molecular formula is C11H14BrN3O3. The summed E-state index contributed by atoms with van der Waals surface area (Å²) >= 11 is 3.18. The highest BCUT2D eigenvalue weighted by Gasteiger charge is 2.30. The lowest BCUT2D eigenvalue weighted by Crippen LogP contribution is -2.37. The maximum atomic E-state index is 11.0. The van der Waals surface area contributed by atoms with Gasteiger partial charge < -0.3 is 10.0 Å². The zero-order chi connectivity index (χ0) is 13.3. The lowest BCUT2D eigenvalue weighted by Gasteiger charge is -2.34. The number of aliphatic hydroxyl groups is 1. The summed E-state index contributed by atoms with van der Waals surface area (Å²) < 4.78 is 0.588. The Morgan fingerprint density at radius 2 is 2.33 bits per heavy atom. The molecule has 98 valence electrons. The van der Waals surface area contributed by atoms with Crippen LogP contribution < -0.4 is 4.90 Å². The van der Waals surface area contributed by atoms with Gasteiger partial charge in [-0.1, -0.05) is 0 Å². The molecule has 1 heterocycles. The van der Waals surface area contributed by atoms with Crippen molar-refractivity contribution >= 4 is 27.4 Å². The summed E-state index contributed by atoms with van der Waals surface area (Å²) in [5, 5.41) is 20.2. The van der Waals surface area contributed by atoms with E-state index in [9.17, 15) is 15.2 Å². The number of hydrogen-bond acceptors (Lipinski definition) is 5. The van der Waals surface area contributed by atoms with Gasteiger partial charge in [-0.05, 0) is 34.7 Å². The molecule has 6 nitrogen and oxygen atoms in total. The normalized spacial score (nSPS) is 22.4. The summed E-state index contributed by atoms with van der Waals surface area (Å²) in [6, 6.07) is 1.45. The molecule has 0 spiro atoms. The molecular weight excluding hydrogens is 302 g/mol. The smallest absolute Gasteiger partial charge is 0.312 e. The average Bonchev–Trinajstić information content (AvgIpc) is 2.26. The molecule has 0 radical (unpaired) electrons. The minimum absolute atomic E-state index is 0.00764. The molecule has 18 heavy (non-hydrogen) atoms. The van der Waals surface area contributed by atoms with E-state index in [1.54, 1.807) is 18.1 Å². The fourth-order valence-electron chi connectivity index (χ4n) is 2.17. The molecule has 1 aliphatic carbocycles. The van der Waals surface area contributed by atoms with Crippen molar-refractivity contribution in [3.63, 3.8) is 0 Å². The van der Waals surface area contributed by atoms with E-state index in [2.05, 4.69) is 20.9 Å². The minimum atomic E-state index is -0.431. The monoisotopic (exact) mass is 315 g/mol. The second kappa shape index (κ2) is 5.19. The van der Waals surface area contributed by atoms with Crippen LogP contribution in [0.1, 0.15) is 12.8 Å². The van der Waals surface area contributed by atoms with Gasteiger partial charge in [0.2, 0.25) is 5.82 Å². The number of aliphatic hydroxyl groups excluding tert-OH is 1. The first-order valence-electron chi connectivity index (χ1n) is 5.66. The largest absolute Gasteiger partial charge is 0.393 e. The van der Waals surface area contributed by atoms with Gasteiger partial charge in [0, 0.05) is 30.3 Å². The minimum Gasteiger partial charge on any atom is -0.393 e. The number of aromatic nitrogens is 1. The van der Waals surface area contributed by atoms with E-state index in [1.807, 2.05) is 0 Å². The molecule has 1 fully saturated rings. The van der Waals surface area contributed by atoms with Gasteiger partial charge in [0.1, 0.15) is 0 Å². The summed E-state index contributed by atoms with van der Waals surface area (Å²) in [6.07, 6.45) is 2.86. The Hall–Kier alpha value is -1.21. The molecule has 7 heteroatoms. The van der Waals surface area contributed by atoms with Crippen molar-refractivity contribution in [2.24, 2.45) is 5.92 Å². The van der Waals surface area contributed by atoms with Gasteiger partial charge in [0.25, 0.3) is 0 Å². The van der Waals surface area contributed by atoms with Gasteiger partial charge in [-0.2, -0.15) is 0 Å². The zero-order valence-corrected chi connectivity index (χ0v) is 11.5. The van der Waals surface area contributed by atoms with E-state index in [0.717, 1.165) is 12.8 Å². The average molecular weight is 316 g/mol. The molecule has 0 aliphatic heterocycles. The van der Waals surface area contributed by atoms with Crippen LogP contribution in [-0.4, -0.2) is 34.7 Å². The van der Waals surface area contributed by atoms with E-state index >= 15 is 0 Å². The summed E-state index contributed by atoms with van der Waals surface area (Å²) in [4.78, 5) is 16.4. The van der Waals surface area contributed by atoms with E-state index in [1.165, 1.54) is 6.07 Å². The highest BCUT2D eigenvalue weighted by molar-refractivity contribution is 9.10. The molecule has 2 rings (SSSR count). The van der Waals surface area contributed by atoms with Crippen molar-refractivity contribution < 1.29 is 10.0 Å². The fourth-order valence-corrected chi connectivity index (χ4v) is 2.49. The Morgan fingerprint density at radius 1 is 1.67 bits per heavy atom. The van der Waals surface area contributed by atoms with E-state index in [4.69, 9.17) is 0 Å². The summed E-state index contributed by atoms with van der Waals surface area (Å²) in [5.74, 6) is 0.750. The molecule has 1 aliphatic rings. The summed E-state index contributed by atoms with van der Waals surface area (Å²) in [6.45, 7) is 0.673. The van der Waals surface area contributed by atoms with Gasteiger partial charge in [-0.25, -0.2) is 4.98 Å². The van der Waals surface area contributed by atoms with E-state index in [0.29, 0.717) is 22.8 Å². The molecule has 0 atom stereocenters. The highest BCUT2D eigenvalue weighted by Crippen LogP contribution is 2.32. The van der Waals surface area contributed by atoms with Crippen LogP contribution in [0.2, 0.25) is 0 Å². The standard InChI is InChI=1S/C11H14BrN3O3/c1-14(6-7-2-9(16)3-7)11-10(15(17)18)4-8(12)5-13-11/h4-5,7,9,16H,2-3,6H2,1H3. The van der Waals surface area contributed by atoms with E-state index < -0.39 is 4.92 Å². The van der Waals surface area contributed by atoms with Crippen molar-refractivity contribution in [3.05, 3.63) is 26.9 Å². The predicted octanol–water partition coefficient (Wildman–Crippen LogP) is 1.96. The molecule has 0 saturated heterocycles. The molecule has 0 amide bonds. The number of halogens is 1. The van der Waals surface area contributed by atoms with Crippen LogP contribution in [0.3, 0.4) is 0 Å². The molecule has 1 aromatic heterocycles. The second-order valence-electron chi connectivity index (χ2n) is 4.63. The van der Waals surface area contributed by atoms with Crippen molar-refractivity contribution in [1.29, 1.82) is 0 Å². The number of nitro groups is 1. The summed E-state index contributed by atoms with van der Waals surface area (Å²) in [7, 11) is 1.79. The van der Waals surface area contributed by atoms with Crippen LogP contribution >= 0.6 is 15.9 Å². The Morgan fingerprint density at radius 3 is 2.89 bits per heavy atom. The van der Waals surface area contributed by atoms with Crippen molar-refractivity contribution in [2.45, 2.75) is 18.9 Å². The van der Waals surface area contributed by atoms with Crippen LogP contribution in [0.5, 0.6) is 0 Å². The number of pyridine rings is 1. The third-order valence-corrected chi connectivity index (χ3v) is 3.55. The molecule has 1 N–H and O–H groups in total. The van der Waals surface area contributed by atoms with E-state index in [-0.39, 0.29) is 11.8 Å². The third-order valence-electron chi connectivity index (χ3n) is 3.12. The van der Waals surface area contributed by atoms with Crippen LogP contribution in [-0.2, 0) is 0 Å². The Kier molecular flexibility index (Phi) is 3.82. The predicted molar refractivity (Wildman–Crippen MR) is 70.6 cm³/mol. The Bertz CT molecular complexity index is 463. The fraction of sp³-hybridized carbons (Fsp3) is 0.545. The lowest BCUT2D eigenvalue weighted by atomic mass is 9.82. The number of nitrogens with zero attached hydrogens (tertiary/aromatic N) is 3. The molecule has 1 aromatic rings. The van der Waals surface area contributed by atoms with Gasteiger partial charge >= 0.3 is 5.69 Å². The second-order valence-corrected chi connectivity index (χ2v) is 5.54. The van der Waals surface area contributed by atoms with Gasteiger partial charge in [-0.3, -0.25) is 10.1 Å². The third kappa shape index (κ3) is 2.78. The van der Waals surface area contributed by atoms with Crippen LogP contribution in [0.4, 0.5) is 11.5 Å². The number of anilines is 1. The summed E-state index contributed by atoms with van der Waals surface area (Å²) in [5.41, 5.74) is -0.00764. The van der Waals surface area contributed by atoms with Crippen molar-refractivity contribution in [1.82, 2.24) is 4.98 Å². The van der Waals surface area contributed by atoms with Crippen molar-refractivity contribution in [2.75, 3.05) is 18.5 Å². The topological polar surface area (TPSA) is 79.5 Å². The lowest BCUT2D eigenvalue weighted by molar-refractivity contribution is -0.384. The van der Waals surface area contributed by atoms with Crippen molar-refractivity contribution in [3.8, 4) is 0 Å². The number of rotatable bonds is 4. The number of hydrogen-bond donors (Lipinski definition) is 1. The molecule has 0 bridgehead atoms. The quantitative estimate of drug-likeness (QED) is 0.678.